The zero-order valence-electron chi connectivity index (χ0n) is 30.8. The van der Waals surface area contributed by atoms with Crippen LogP contribution in [0.1, 0.15) is 41.5 Å². The lowest BCUT2D eigenvalue weighted by molar-refractivity contribution is 0.189. The second kappa shape index (κ2) is 16.9. The first-order chi connectivity index (χ1) is 26.8. The normalized spacial score (nSPS) is 14.6. The summed E-state index contributed by atoms with van der Waals surface area (Å²) in [6.45, 7) is -0.266. The summed E-state index contributed by atoms with van der Waals surface area (Å²) in [5, 5.41) is 30.1. The molecule has 0 spiro atoms. The highest BCUT2D eigenvalue weighted by molar-refractivity contribution is 7.92. The SMILES string of the molecule is COc1ccc(CN(Cc2ccc(OC)cc2)S(=O)(=O)c2c(S(N)(=O)=O)ccc(C3=CCC(NC(=O)O)CC3)c2-c2nnnn2Cc2ccc(OC)cc2)cc1. The molecule has 0 saturated heterocycles. The first-order valence-electron chi connectivity index (χ1n) is 17.3. The van der Waals surface area contributed by atoms with E-state index < -0.39 is 35.9 Å². The maximum Gasteiger partial charge on any atom is 0.404 e. The van der Waals surface area contributed by atoms with E-state index in [4.69, 9.17) is 19.3 Å². The van der Waals surface area contributed by atoms with Gasteiger partial charge < -0.3 is 24.6 Å². The molecule has 16 nitrogen and oxygen atoms in total. The van der Waals surface area contributed by atoms with Gasteiger partial charge in [-0.05, 0) is 100.0 Å². The number of tetrazole rings is 1. The van der Waals surface area contributed by atoms with Gasteiger partial charge in [0.25, 0.3) is 0 Å². The number of sulfonamides is 2. The molecule has 6 rings (SSSR count). The summed E-state index contributed by atoms with van der Waals surface area (Å²) in [5.41, 5.74) is 2.86. The number of hydrogen-bond donors (Lipinski definition) is 3. The highest BCUT2D eigenvalue weighted by Gasteiger charge is 2.38. The molecule has 56 heavy (non-hydrogen) atoms. The van der Waals surface area contributed by atoms with Crippen molar-refractivity contribution >= 4 is 31.7 Å². The van der Waals surface area contributed by atoms with Gasteiger partial charge in [0, 0.05) is 24.7 Å². The number of aromatic nitrogens is 4. The molecule has 0 fully saturated rings. The largest absolute Gasteiger partial charge is 0.497 e. The zero-order valence-corrected chi connectivity index (χ0v) is 32.5. The van der Waals surface area contributed by atoms with Crippen LogP contribution in [-0.2, 0) is 39.7 Å². The highest BCUT2D eigenvalue weighted by Crippen LogP contribution is 2.42. The topological polar surface area (TPSA) is 218 Å². The van der Waals surface area contributed by atoms with Gasteiger partial charge in [0.05, 0.1) is 27.9 Å². The number of ether oxygens (including phenoxy) is 3. The van der Waals surface area contributed by atoms with Crippen molar-refractivity contribution in [3.05, 3.63) is 113 Å². The van der Waals surface area contributed by atoms with Gasteiger partial charge in [-0.15, -0.1) is 5.10 Å². The fourth-order valence-electron chi connectivity index (χ4n) is 6.54. The summed E-state index contributed by atoms with van der Waals surface area (Å²) in [7, 11) is -4.94. The third-order valence-corrected chi connectivity index (χ3v) is 12.4. The average molecular weight is 804 g/mol. The molecule has 294 valence electrons. The Morgan fingerprint density at radius 1 is 0.839 bits per heavy atom. The lowest BCUT2D eigenvalue weighted by Gasteiger charge is -2.28. The fourth-order valence-corrected chi connectivity index (χ4v) is 9.50. The van der Waals surface area contributed by atoms with Crippen molar-refractivity contribution in [2.45, 2.75) is 54.7 Å². The van der Waals surface area contributed by atoms with E-state index in [1.807, 2.05) is 0 Å². The number of allylic oxidation sites excluding steroid dienone is 1. The molecule has 1 aromatic heterocycles. The van der Waals surface area contributed by atoms with Gasteiger partial charge >= 0.3 is 6.09 Å². The number of carboxylic acid groups (broad SMARTS) is 1. The summed E-state index contributed by atoms with van der Waals surface area (Å²) < 4.78 is 76.4. The molecule has 0 radical (unpaired) electrons. The molecule has 0 aliphatic heterocycles. The van der Waals surface area contributed by atoms with Gasteiger partial charge in [-0.2, -0.15) is 4.31 Å². The number of hydrogen-bond acceptors (Lipinski definition) is 11. The van der Waals surface area contributed by atoms with Crippen LogP contribution in [0.15, 0.2) is 101 Å². The predicted octanol–water partition coefficient (Wildman–Crippen LogP) is 4.66. The third-order valence-electron chi connectivity index (χ3n) is 9.39. The molecule has 1 amide bonds. The number of methoxy groups -OCH3 is 3. The van der Waals surface area contributed by atoms with E-state index in [-0.39, 0.29) is 37.1 Å². The lowest BCUT2D eigenvalue weighted by atomic mass is 9.88. The zero-order chi connectivity index (χ0) is 40.0. The van der Waals surface area contributed by atoms with Crippen molar-refractivity contribution in [2.75, 3.05) is 21.3 Å². The third kappa shape index (κ3) is 9.00. The quantitative estimate of drug-likeness (QED) is 0.132. The van der Waals surface area contributed by atoms with Crippen molar-refractivity contribution in [3.8, 4) is 28.6 Å². The molecule has 1 heterocycles. The molecule has 5 aromatic rings. The van der Waals surface area contributed by atoms with E-state index in [1.54, 1.807) is 86.0 Å². The van der Waals surface area contributed by atoms with Crippen molar-refractivity contribution in [1.82, 2.24) is 29.8 Å². The van der Waals surface area contributed by atoms with Crippen molar-refractivity contribution in [1.29, 1.82) is 0 Å². The second-order valence-corrected chi connectivity index (χ2v) is 16.4. The number of nitrogens with zero attached hydrogens (tertiary/aromatic N) is 5. The minimum atomic E-state index is -4.82. The van der Waals surface area contributed by atoms with Crippen LogP contribution >= 0.6 is 0 Å². The lowest BCUT2D eigenvalue weighted by Crippen LogP contribution is -2.34. The monoisotopic (exact) mass is 803 g/mol. The number of benzene rings is 4. The van der Waals surface area contributed by atoms with Crippen LogP contribution in [0, 0.1) is 0 Å². The fraction of sp³-hybridized carbons (Fsp3) is 0.263. The predicted molar refractivity (Wildman–Crippen MR) is 206 cm³/mol. The van der Waals surface area contributed by atoms with E-state index >= 15 is 8.42 Å². The van der Waals surface area contributed by atoms with Crippen LogP contribution < -0.4 is 24.7 Å². The Bertz CT molecular complexity index is 2390. The van der Waals surface area contributed by atoms with E-state index in [1.165, 1.54) is 35.3 Å². The smallest absolute Gasteiger partial charge is 0.404 e. The van der Waals surface area contributed by atoms with Crippen LogP contribution in [0.3, 0.4) is 0 Å². The van der Waals surface area contributed by atoms with Gasteiger partial charge in [0.15, 0.2) is 5.82 Å². The molecule has 0 saturated carbocycles. The Kier molecular flexibility index (Phi) is 12.0. The number of rotatable bonds is 15. The van der Waals surface area contributed by atoms with Crippen LogP contribution in [0.4, 0.5) is 4.79 Å². The van der Waals surface area contributed by atoms with Gasteiger partial charge in [-0.1, -0.05) is 48.5 Å². The molecular weight excluding hydrogens is 763 g/mol. The summed E-state index contributed by atoms with van der Waals surface area (Å²) >= 11 is 0. The highest BCUT2D eigenvalue weighted by atomic mass is 32.2. The number of amides is 1. The van der Waals surface area contributed by atoms with E-state index in [2.05, 4.69) is 20.8 Å². The molecule has 18 heteroatoms. The van der Waals surface area contributed by atoms with E-state index in [0.29, 0.717) is 58.8 Å². The molecule has 4 aromatic carbocycles. The standard InChI is InChI=1S/C38H41N7O9S2/c1-52-30-14-4-25(5-15-30)22-44(23-26-6-16-31(53-2)17-7-26)56(50,51)36-34(55(39,48)49)21-20-33(28-10-12-29(13-11-28)40-38(46)47)35(36)37-41-42-43-45(37)24-27-8-18-32(54-3)19-9-27/h4-10,14-21,29,40H,11-13,22-24H2,1-3H3,(H,46,47)(H2,39,48,49). The molecular formula is C38H41N7O9S2. The van der Waals surface area contributed by atoms with Crippen molar-refractivity contribution in [2.24, 2.45) is 5.14 Å². The summed E-state index contributed by atoms with van der Waals surface area (Å²) in [4.78, 5) is 10.2. The summed E-state index contributed by atoms with van der Waals surface area (Å²) in [5.74, 6) is 1.72. The van der Waals surface area contributed by atoms with E-state index in [9.17, 15) is 18.3 Å². The Hall–Kier alpha value is -5.82. The first-order valence-corrected chi connectivity index (χ1v) is 20.3. The number of carbonyl (C=O) groups is 1. The number of nitrogens with one attached hydrogen (secondary N) is 1. The summed E-state index contributed by atoms with van der Waals surface area (Å²) in [6, 6.07) is 23.1. The number of nitrogens with two attached hydrogens (primary N) is 1. The minimum Gasteiger partial charge on any atom is -0.497 e. The van der Waals surface area contributed by atoms with Crippen molar-refractivity contribution < 1.29 is 40.9 Å². The van der Waals surface area contributed by atoms with Crippen LogP contribution in [0.5, 0.6) is 17.2 Å². The Morgan fingerprint density at radius 3 is 1.84 bits per heavy atom. The summed E-state index contributed by atoms with van der Waals surface area (Å²) in [6.07, 6.45) is 1.67. The molecule has 1 aliphatic carbocycles. The second-order valence-electron chi connectivity index (χ2n) is 13.0. The van der Waals surface area contributed by atoms with Gasteiger partial charge in [-0.3, -0.25) is 0 Å². The van der Waals surface area contributed by atoms with Crippen LogP contribution in [-0.4, -0.2) is 79.9 Å². The maximum atomic E-state index is 15.5. The molecule has 4 N–H and O–H groups in total. The Morgan fingerprint density at radius 2 is 1.38 bits per heavy atom. The van der Waals surface area contributed by atoms with Gasteiger partial charge in [0.2, 0.25) is 20.0 Å². The van der Waals surface area contributed by atoms with Crippen LogP contribution in [0.25, 0.3) is 17.0 Å². The van der Waals surface area contributed by atoms with E-state index in [0.717, 1.165) is 5.56 Å². The van der Waals surface area contributed by atoms with Crippen molar-refractivity contribution in [3.63, 3.8) is 0 Å². The molecule has 0 bridgehead atoms. The average Bonchev–Trinajstić information content (AvgIpc) is 3.65. The molecule has 1 atom stereocenters. The Labute approximate surface area is 324 Å². The Balaban J connectivity index is 1.59. The van der Waals surface area contributed by atoms with Gasteiger partial charge in [0.1, 0.15) is 27.0 Å². The van der Waals surface area contributed by atoms with Gasteiger partial charge in [-0.25, -0.2) is 31.5 Å². The first kappa shape index (κ1) is 39.9. The molecule has 1 unspecified atom stereocenters. The maximum absolute atomic E-state index is 15.5. The van der Waals surface area contributed by atoms with Crippen LogP contribution in [0.2, 0.25) is 0 Å². The number of primary sulfonamides is 1. The minimum absolute atomic E-state index is 0.0274. The molecule has 1 aliphatic rings.